The van der Waals surface area contributed by atoms with E-state index in [1.54, 1.807) is 90.0 Å². The van der Waals surface area contributed by atoms with E-state index < -0.39 is 73.9 Å². The molecule has 404 valence electrons. The summed E-state index contributed by atoms with van der Waals surface area (Å²) in [6.07, 6.45) is 3.38. The lowest BCUT2D eigenvalue weighted by Crippen LogP contribution is -2.33. The molecule has 0 aliphatic carbocycles. The van der Waals surface area contributed by atoms with Gasteiger partial charge in [-0.2, -0.15) is 0 Å². The van der Waals surface area contributed by atoms with E-state index in [1.165, 1.54) is 0 Å². The standard InChI is InChI=1S/C43H94O18P6/c1-15-39(63(45,52-18-4)53-19-5)33-28-29-34-40(64(46,54-20-6)55-21-7)42(66(48,58-24-10)59-25-11)36-31-37-43(67(49,60-26-12)61-27-13)41(65(47,56-22-8)57-23-9)35-30-32-38(14)62(44,50-16-2)51-17-3/h38-43H,15-37H2,1-14H3. The number of hydrogen-bond acceptors (Lipinski definition) is 18. The van der Waals surface area contributed by atoms with Crippen LogP contribution in [0.4, 0.5) is 0 Å². The van der Waals surface area contributed by atoms with Crippen LogP contribution in [0.25, 0.3) is 0 Å². The Morgan fingerprint density at radius 3 is 0.731 bits per heavy atom. The highest BCUT2D eigenvalue weighted by Crippen LogP contribution is 2.69. The molecule has 0 rings (SSSR count). The van der Waals surface area contributed by atoms with Crippen LogP contribution in [-0.4, -0.2) is 113 Å². The van der Waals surface area contributed by atoms with Gasteiger partial charge in [-0.1, -0.05) is 39.5 Å². The molecule has 6 unspecified atom stereocenters. The van der Waals surface area contributed by atoms with Crippen molar-refractivity contribution in [3.63, 3.8) is 0 Å². The molecule has 0 radical (unpaired) electrons. The van der Waals surface area contributed by atoms with Crippen molar-refractivity contribution in [2.75, 3.05) is 79.3 Å². The first-order valence-electron chi connectivity index (χ1n) is 25.1. The SMILES string of the molecule is CCOP(=O)(OCC)C(C)CCCC(C(CCCC(C(CCCCC(CC)P(=O)(OCC)OCC)P(=O)(OCC)OCC)P(=O)(OCC)OCC)P(=O)(OCC)OCC)P(=O)(OCC)OCC. The zero-order valence-electron chi connectivity index (χ0n) is 43.8. The van der Waals surface area contributed by atoms with Crippen molar-refractivity contribution in [2.24, 2.45) is 0 Å². The molecule has 0 aromatic rings. The van der Waals surface area contributed by atoms with Gasteiger partial charge in [0.05, 0.1) is 113 Å². The molecule has 0 aliphatic heterocycles. The molecule has 0 N–H and O–H groups in total. The van der Waals surface area contributed by atoms with Gasteiger partial charge in [-0.15, -0.1) is 0 Å². The third-order valence-corrected chi connectivity index (χ3v) is 27.6. The predicted molar refractivity (Wildman–Crippen MR) is 270 cm³/mol. The largest absolute Gasteiger partial charge is 0.334 e. The Morgan fingerprint density at radius 1 is 0.269 bits per heavy atom. The maximum Gasteiger partial charge on any atom is 0.334 e. The lowest BCUT2D eigenvalue weighted by molar-refractivity contribution is 0.186. The number of hydrogen-bond donors (Lipinski definition) is 0. The van der Waals surface area contributed by atoms with Gasteiger partial charge in [-0.25, -0.2) is 0 Å². The van der Waals surface area contributed by atoms with E-state index in [-0.39, 0.29) is 117 Å². The predicted octanol–water partition coefficient (Wildman–Crippen LogP) is 15.1. The number of unbranched alkanes of at least 4 members (excludes halogenated alkanes) is 1. The Kier molecular flexibility index (Phi) is 36.4. The average molecular weight is 1090 g/mol. The zero-order chi connectivity index (χ0) is 51.2. The van der Waals surface area contributed by atoms with Gasteiger partial charge in [0.25, 0.3) is 0 Å². The zero-order valence-corrected chi connectivity index (χ0v) is 49.1. The second kappa shape index (κ2) is 35.9. The van der Waals surface area contributed by atoms with Gasteiger partial charge in [0.2, 0.25) is 0 Å². The second-order valence-electron chi connectivity index (χ2n) is 15.6. The van der Waals surface area contributed by atoms with Gasteiger partial charge >= 0.3 is 45.6 Å². The molecular weight excluding hydrogens is 990 g/mol. The van der Waals surface area contributed by atoms with Gasteiger partial charge < -0.3 is 54.3 Å². The minimum atomic E-state index is -4.12. The fraction of sp³-hybridized carbons (Fsp3) is 1.00. The molecule has 0 aromatic heterocycles. The summed E-state index contributed by atoms with van der Waals surface area (Å²) in [4.78, 5) is 0. The van der Waals surface area contributed by atoms with Crippen molar-refractivity contribution >= 4 is 45.6 Å². The van der Waals surface area contributed by atoms with Crippen molar-refractivity contribution in [2.45, 2.75) is 202 Å². The van der Waals surface area contributed by atoms with Crippen LogP contribution in [0.3, 0.4) is 0 Å². The Bertz CT molecular complexity index is 1530. The van der Waals surface area contributed by atoms with Crippen LogP contribution >= 0.6 is 45.6 Å². The molecule has 0 saturated carbocycles. The van der Waals surface area contributed by atoms with E-state index in [4.69, 9.17) is 54.3 Å². The maximum atomic E-state index is 15.2. The second-order valence-corrected chi connectivity index (χ2v) is 29.4. The summed E-state index contributed by atoms with van der Waals surface area (Å²) in [5, 5.41) is 0. The first kappa shape index (κ1) is 67.9. The molecule has 0 aromatic carbocycles. The van der Waals surface area contributed by atoms with Gasteiger partial charge in [0.15, 0.2) is 0 Å². The van der Waals surface area contributed by atoms with Gasteiger partial charge in [-0.3, -0.25) is 27.4 Å². The van der Waals surface area contributed by atoms with E-state index in [0.717, 1.165) is 0 Å². The van der Waals surface area contributed by atoms with Crippen LogP contribution in [0, 0.1) is 0 Å². The molecule has 0 spiro atoms. The fourth-order valence-electron chi connectivity index (χ4n) is 8.50. The molecule has 0 heterocycles. The minimum absolute atomic E-state index is 0.0148. The molecule has 6 atom stereocenters. The summed E-state index contributed by atoms with van der Waals surface area (Å²) in [7, 11) is -23.3. The topological polar surface area (TPSA) is 213 Å². The molecule has 0 saturated heterocycles. The van der Waals surface area contributed by atoms with Crippen molar-refractivity contribution < 1.29 is 81.7 Å². The summed E-state index contributed by atoms with van der Waals surface area (Å²) < 4.78 is 159. The highest BCUT2D eigenvalue weighted by atomic mass is 31.2. The van der Waals surface area contributed by atoms with Crippen LogP contribution in [0.2, 0.25) is 0 Å². The molecule has 0 amide bonds. The van der Waals surface area contributed by atoms with Crippen molar-refractivity contribution in [1.82, 2.24) is 0 Å². The van der Waals surface area contributed by atoms with Gasteiger partial charge in [0, 0.05) is 0 Å². The normalized spacial score (nSPS) is 16.2. The number of rotatable bonds is 46. The summed E-state index contributed by atoms with van der Waals surface area (Å²) in [6.45, 7) is 25.4. The molecular formula is C43H94O18P6. The van der Waals surface area contributed by atoms with Crippen LogP contribution < -0.4 is 0 Å². The highest BCUT2D eigenvalue weighted by molar-refractivity contribution is 7.60. The Hall–Kier alpha value is 0.900. The van der Waals surface area contributed by atoms with Gasteiger partial charge in [-0.05, 0) is 128 Å². The van der Waals surface area contributed by atoms with Gasteiger partial charge in [0.1, 0.15) is 0 Å². The van der Waals surface area contributed by atoms with E-state index in [9.17, 15) is 9.13 Å². The monoisotopic (exact) mass is 1080 g/mol. The van der Waals surface area contributed by atoms with Crippen LogP contribution in [-0.2, 0) is 81.7 Å². The van der Waals surface area contributed by atoms with E-state index in [1.807, 2.05) is 6.92 Å². The van der Waals surface area contributed by atoms with Crippen molar-refractivity contribution in [3.05, 3.63) is 0 Å². The lowest BCUT2D eigenvalue weighted by Gasteiger charge is -2.38. The summed E-state index contributed by atoms with van der Waals surface area (Å²) in [5.41, 5.74) is -5.03. The Morgan fingerprint density at radius 2 is 0.478 bits per heavy atom. The lowest BCUT2D eigenvalue weighted by atomic mass is 10.0. The molecule has 24 heteroatoms. The summed E-state index contributed by atoms with van der Waals surface area (Å²) in [5.74, 6) is 0. The average Bonchev–Trinajstić information content (AvgIpc) is 3.25. The molecule has 0 aliphatic rings. The van der Waals surface area contributed by atoms with E-state index in [2.05, 4.69) is 0 Å². The molecule has 67 heavy (non-hydrogen) atoms. The quantitative estimate of drug-likeness (QED) is 0.0409. The van der Waals surface area contributed by atoms with Crippen molar-refractivity contribution in [3.8, 4) is 0 Å². The summed E-state index contributed by atoms with van der Waals surface area (Å²) in [6, 6.07) is 0. The first-order valence-corrected chi connectivity index (χ1v) is 34.8. The van der Waals surface area contributed by atoms with Crippen LogP contribution in [0.15, 0.2) is 0 Å². The summed E-state index contributed by atoms with van der Waals surface area (Å²) >= 11 is 0. The molecule has 0 bridgehead atoms. The first-order chi connectivity index (χ1) is 31.8. The minimum Gasteiger partial charge on any atom is -0.309 e. The Balaban J connectivity index is 7.70. The highest BCUT2D eigenvalue weighted by Gasteiger charge is 2.53. The third-order valence-electron chi connectivity index (χ3n) is 11.1. The smallest absolute Gasteiger partial charge is 0.309 e. The van der Waals surface area contributed by atoms with E-state index in [0.29, 0.717) is 38.5 Å². The molecule has 18 nitrogen and oxygen atoms in total. The molecule has 0 fully saturated rings. The fourth-order valence-corrected chi connectivity index (χ4v) is 23.4. The van der Waals surface area contributed by atoms with Crippen LogP contribution in [0.5, 0.6) is 0 Å². The maximum absolute atomic E-state index is 15.2. The Labute approximate surface area is 406 Å². The third kappa shape index (κ3) is 21.7. The van der Waals surface area contributed by atoms with E-state index >= 15 is 18.3 Å². The van der Waals surface area contributed by atoms with Crippen LogP contribution in [0.1, 0.15) is 168 Å². The van der Waals surface area contributed by atoms with Crippen molar-refractivity contribution in [1.29, 1.82) is 0 Å².